The predicted octanol–water partition coefficient (Wildman–Crippen LogP) is 2.92. The van der Waals surface area contributed by atoms with Crippen molar-refractivity contribution in [2.75, 3.05) is 6.23 Å². The normalized spacial score (nSPS) is 14.3. The van der Waals surface area contributed by atoms with Crippen LogP contribution in [-0.2, 0) is 4.74 Å². The average Bonchev–Trinajstić information content (AvgIpc) is 3.03. The Morgan fingerprint density at radius 3 is 1.95 bits per heavy atom. The lowest BCUT2D eigenvalue weighted by atomic mass is 10.4. The van der Waals surface area contributed by atoms with Crippen LogP contribution >= 0.6 is 0 Å². The van der Waals surface area contributed by atoms with Gasteiger partial charge >= 0.3 is 0 Å². The van der Waals surface area contributed by atoms with E-state index in [1.54, 1.807) is 0 Å². The fourth-order valence-corrected chi connectivity index (χ4v) is 4.74. The van der Waals surface area contributed by atoms with Gasteiger partial charge in [0, 0.05) is 6.42 Å². The largest absolute Gasteiger partial charge is 0.501 e. The van der Waals surface area contributed by atoms with Gasteiger partial charge in [0.2, 0.25) is 0 Å². The minimum Gasteiger partial charge on any atom is -0.501 e. The molecule has 2 aromatic rings. The van der Waals surface area contributed by atoms with Crippen LogP contribution in [0.3, 0.4) is 0 Å². The summed E-state index contributed by atoms with van der Waals surface area (Å²) in [6, 6.07) is 21.6. The van der Waals surface area contributed by atoms with E-state index in [-0.39, 0.29) is 0 Å². The van der Waals surface area contributed by atoms with Gasteiger partial charge in [-0.05, 0) is 18.9 Å². The second-order valence-electron chi connectivity index (χ2n) is 5.06. The Bertz CT molecular complexity index is 523. The molecule has 0 heterocycles. The van der Waals surface area contributed by atoms with E-state index < -0.39 is 8.80 Å². The molecular weight excluding hydrogens is 260 g/mol. The average molecular weight is 279 g/mol. The summed E-state index contributed by atoms with van der Waals surface area (Å²) in [7, 11) is -0.850. The van der Waals surface area contributed by atoms with Gasteiger partial charge in [0.1, 0.15) is 0 Å². The molecule has 0 aromatic heterocycles. The summed E-state index contributed by atoms with van der Waals surface area (Å²) < 4.78 is 6.08. The van der Waals surface area contributed by atoms with Gasteiger partial charge in [-0.1, -0.05) is 71.0 Å². The van der Waals surface area contributed by atoms with Crippen molar-refractivity contribution >= 4 is 19.2 Å². The van der Waals surface area contributed by atoms with Crippen molar-refractivity contribution in [3.8, 4) is 0 Å². The van der Waals surface area contributed by atoms with E-state index in [4.69, 9.17) is 4.74 Å². The highest BCUT2D eigenvalue weighted by Crippen LogP contribution is 2.18. The Kier molecular flexibility index (Phi) is 4.34. The third-order valence-corrected chi connectivity index (χ3v) is 6.14. The van der Waals surface area contributed by atoms with Gasteiger partial charge in [-0.2, -0.15) is 0 Å². The molecule has 20 heavy (non-hydrogen) atoms. The standard InChI is InChI=1S/C18H19OSi/c1-3-11-17(12-4-1)20(18-13-5-2-6-14-18)15-19-16-9-7-8-10-16/h1-6,9,11-14H,7-8,10,15H2. The third-order valence-electron chi connectivity index (χ3n) is 3.65. The molecule has 101 valence electrons. The fourth-order valence-electron chi connectivity index (χ4n) is 2.55. The van der Waals surface area contributed by atoms with E-state index in [0.29, 0.717) is 0 Å². The topological polar surface area (TPSA) is 9.23 Å². The maximum Gasteiger partial charge on any atom is 0.166 e. The highest BCUT2D eigenvalue weighted by molar-refractivity contribution is 6.85. The second kappa shape index (κ2) is 6.57. The van der Waals surface area contributed by atoms with Crippen molar-refractivity contribution < 1.29 is 4.74 Å². The van der Waals surface area contributed by atoms with Crippen LogP contribution in [0.25, 0.3) is 0 Å². The number of hydrogen-bond acceptors (Lipinski definition) is 1. The molecule has 0 fully saturated rings. The summed E-state index contributed by atoms with van der Waals surface area (Å²) >= 11 is 0. The maximum absolute atomic E-state index is 6.08. The zero-order valence-corrected chi connectivity index (χ0v) is 12.6. The lowest BCUT2D eigenvalue weighted by Gasteiger charge is -2.17. The molecule has 2 heteroatoms. The molecule has 0 N–H and O–H groups in total. The molecule has 0 spiro atoms. The number of rotatable bonds is 5. The summed E-state index contributed by atoms with van der Waals surface area (Å²) in [4.78, 5) is 0. The van der Waals surface area contributed by atoms with Crippen molar-refractivity contribution in [2.24, 2.45) is 0 Å². The van der Waals surface area contributed by atoms with Crippen LogP contribution in [0.1, 0.15) is 19.3 Å². The number of allylic oxidation sites excluding steroid dienone is 2. The lowest BCUT2D eigenvalue weighted by Crippen LogP contribution is -2.46. The molecule has 1 aliphatic rings. The second-order valence-corrected chi connectivity index (χ2v) is 7.46. The summed E-state index contributed by atoms with van der Waals surface area (Å²) in [6.45, 7) is 0. The minimum atomic E-state index is -0.850. The zero-order chi connectivity index (χ0) is 13.6. The predicted molar refractivity (Wildman–Crippen MR) is 85.8 cm³/mol. The van der Waals surface area contributed by atoms with E-state index in [2.05, 4.69) is 66.7 Å². The smallest absolute Gasteiger partial charge is 0.166 e. The van der Waals surface area contributed by atoms with Crippen LogP contribution in [0, 0.1) is 0 Å². The van der Waals surface area contributed by atoms with Gasteiger partial charge in [0.05, 0.1) is 12.0 Å². The molecule has 1 nitrogen and oxygen atoms in total. The Morgan fingerprint density at radius 1 is 0.850 bits per heavy atom. The maximum atomic E-state index is 6.08. The molecule has 1 radical (unpaired) electrons. The Hall–Kier alpha value is -1.80. The SMILES string of the molecule is C1=C(OC[Si](c2ccccc2)c2ccccc2)CCC1. The third kappa shape index (κ3) is 3.20. The Labute approximate surface area is 122 Å². The fraction of sp³-hybridized carbons (Fsp3) is 0.222. The van der Waals surface area contributed by atoms with Gasteiger partial charge in [-0.15, -0.1) is 0 Å². The first-order chi connectivity index (χ1) is 9.93. The van der Waals surface area contributed by atoms with Gasteiger partial charge in [-0.3, -0.25) is 0 Å². The van der Waals surface area contributed by atoms with Gasteiger partial charge < -0.3 is 4.74 Å². The van der Waals surface area contributed by atoms with E-state index in [1.807, 2.05) is 0 Å². The molecule has 1 aliphatic carbocycles. The van der Waals surface area contributed by atoms with Crippen molar-refractivity contribution in [3.63, 3.8) is 0 Å². The molecule has 2 aromatic carbocycles. The Morgan fingerprint density at radius 2 is 1.45 bits per heavy atom. The van der Waals surface area contributed by atoms with Crippen molar-refractivity contribution in [1.29, 1.82) is 0 Å². The molecule has 0 amide bonds. The summed E-state index contributed by atoms with van der Waals surface area (Å²) in [5, 5.41) is 2.84. The molecule has 0 atom stereocenters. The highest BCUT2D eigenvalue weighted by atomic mass is 28.3. The van der Waals surface area contributed by atoms with Crippen LogP contribution in [0.15, 0.2) is 72.5 Å². The van der Waals surface area contributed by atoms with E-state index in [1.165, 1.54) is 29.0 Å². The van der Waals surface area contributed by atoms with Gasteiger partial charge in [0.25, 0.3) is 0 Å². The molecule has 0 saturated heterocycles. The summed E-state index contributed by atoms with van der Waals surface area (Å²) in [5.41, 5.74) is 0. The first-order valence-corrected chi connectivity index (χ1v) is 8.93. The summed E-state index contributed by atoms with van der Waals surface area (Å²) in [5.74, 6) is 1.19. The van der Waals surface area contributed by atoms with Gasteiger partial charge in [0.15, 0.2) is 8.80 Å². The van der Waals surface area contributed by atoms with Crippen LogP contribution in [0.2, 0.25) is 0 Å². The lowest BCUT2D eigenvalue weighted by molar-refractivity contribution is 0.257. The zero-order valence-electron chi connectivity index (χ0n) is 11.6. The molecule has 0 saturated carbocycles. The summed E-state index contributed by atoms with van der Waals surface area (Å²) in [6.07, 6.45) is 6.60. The molecular formula is C18H19OSi. The number of ether oxygens (including phenoxy) is 1. The van der Waals surface area contributed by atoms with Crippen LogP contribution in [0.5, 0.6) is 0 Å². The number of hydrogen-bond donors (Lipinski definition) is 0. The van der Waals surface area contributed by atoms with E-state index in [9.17, 15) is 0 Å². The highest BCUT2D eigenvalue weighted by Gasteiger charge is 2.18. The van der Waals surface area contributed by atoms with Crippen molar-refractivity contribution in [1.82, 2.24) is 0 Å². The monoisotopic (exact) mass is 279 g/mol. The van der Waals surface area contributed by atoms with Crippen LogP contribution in [0.4, 0.5) is 0 Å². The van der Waals surface area contributed by atoms with Crippen LogP contribution < -0.4 is 10.4 Å². The molecule has 0 bridgehead atoms. The quantitative estimate of drug-likeness (QED) is 0.765. The number of benzene rings is 2. The van der Waals surface area contributed by atoms with Crippen molar-refractivity contribution in [2.45, 2.75) is 19.3 Å². The van der Waals surface area contributed by atoms with E-state index >= 15 is 0 Å². The minimum absolute atomic E-state index is 0.824. The first-order valence-electron chi connectivity index (χ1n) is 7.22. The molecule has 0 unspecified atom stereocenters. The van der Waals surface area contributed by atoms with Crippen molar-refractivity contribution in [3.05, 3.63) is 72.5 Å². The molecule has 3 rings (SSSR count). The van der Waals surface area contributed by atoms with Crippen LogP contribution in [-0.4, -0.2) is 15.0 Å². The first kappa shape index (κ1) is 13.2. The Balaban J connectivity index is 1.80. The molecule has 0 aliphatic heterocycles. The van der Waals surface area contributed by atoms with E-state index in [0.717, 1.165) is 12.7 Å². The van der Waals surface area contributed by atoms with Gasteiger partial charge in [-0.25, -0.2) is 0 Å².